The third-order valence-electron chi connectivity index (χ3n) is 3.20. The van der Waals surface area contributed by atoms with Crippen LogP contribution in [0.15, 0.2) is 12.5 Å². The Balaban J connectivity index is 2.30. The Hall–Kier alpha value is -0.830. The zero-order valence-corrected chi connectivity index (χ0v) is 9.90. The van der Waals surface area contributed by atoms with Crippen molar-refractivity contribution in [2.75, 3.05) is 6.54 Å². The van der Waals surface area contributed by atoms with Crippen molar-refractivity contribution in [1.82, 2.24) is 9.55 Å². The largest absolute Gasteiger partial charge is 0.329 e. The first-order valence-corrected chi connectivity index (χ1v) is 5.76. The number of nitrogens with two attached hydrogens (primary N) is 1. The minimum Gasteiger partial charge on any atom is -0.329 e. The second-order valence-corrected chi connectivity index (χ2v) is 5.58. The Kier molecular flexibility index (Phi) is 2.59. The Labute approximate surface area is 91.7 Å². The summed E-state index contributed by atoms with van der Waals surface area (Å²) in [6.07, 6.45) is 6.56. The molecular weight excluding hydrogens is 186 g/mol. The third kappa shape index (κ3) is 2.07. The lowest BCUT2D eigenvalue weighted by Gasteiger charge is -2.25. The smallest absolute Gasteiger partial charge is 0.0951 e. The summed E-state index contributed by atoms with van der Waals surface area (Å²) < 4.78 is 2.29. The molecule has 15 heavy (non-hydrogen) atoms. The fraction of sp³-hybridized carbons (Fsp3) is 0.750. The molecule has 2 rings (SSSR count). The first kappa shape index (κ1) is 10.7. The highest BCUT2D eigenvalue weighted by molar-refractivity contribution is 5.13. The molecule has 1 heterocycles. The lowest BCUT2D eigenvalue weighted by molar-refractivity contribution is 0.410. The molecule has 0 saturated heterocycles. The normalized spacial score (nSPS) is 19.2. The molecule has 0 aliphatic heterocycles. The molecule has 0 spiro atoms. The van der Waals surface area contributed by atoms with Gasteiger partial charge in [0.2, 0.25) is 0 Å². The van der Waals surface area contributed by atoms with Gasteiger partial charge in [-0.15, -0.1) is 0 Å². The molecule has 1 atom stereocenters. The van der Waals surface area contributed by atoms with Crippen molar-refractivity contribution < 1.29 is 0 Å². The van der Waals surface area contributed by atoms with Gasteiger partial charge in [0.25, 0.3) is 0 Å². The topological polar surface area (TPSA) is 43.8 Å². The minimum atomic E-state index is 0.152. The molecule has 0 aromatic carbocycles. The molecule has 0 amide bonds. The van der Waals surface area contributed by atoms with E-state index in [-0.39, 0.29) is 5.41 Å². The highest BCUT2D eigenvalue weighted by Crippen LogP contribution is 2.40. The molecule has 1 unspecified atom stereocenters. The molecule has 1 fully saturated rings. The average molecular weight is 207 g/mol. The fourth-order valence-electron chi connectivity index (χ4n) is 2.16. The van der Waals surface area contributed by atoms with Crippen LogP contribution in [0.5, 0.6) is 0 Å². The predicted molar refractivity (Wildman–Crippen MR) is 61.7 cm³/mol. The molecular formula is C12H21N3. The Morgan fingerprint density at radius 1 is 1.53 bits per heavy atom. The molecule has 1 aliphatic carbocycles. The van der Waals surface area contributed by atoms with Gasteiger partial charge in [-0.1, -0.05) is 20.8 Å². The zero-order valence-electron chi connectivity index (χ0n) is 9.90. The standard InChI is InChI=1S/C12H21N3/c1-12(2,3)11-7-14-8-15(11)10(6-13)9-4-5-9/h7-10H,4-6,13H2,1-3H3. The van der Waals surface area contributed by atoms with Crippen molar-refractivity contribution in [3.8, 4) is 0 Å². The fourth-order valence-corrected chi connectivity index (χ4v) is 2.16. The molecule has 3 nitrogen and oxygen atoms in total. The summed E-state index contributed by atoms with van der Waals surface area (Å²) in [6.45, 7) is 7.40. The zero-order chi connectivity index (χ0) is 11.1. The molecule has 1 aromatic rings. The van der Waals surface area contributed by atoms with Crippen molar-refractivity contribution in [2.24, 2.45) is 11.7 Å². The summed E-state index contributed by atoms with van der Waals surface area (Å²) in [7, 11) is 0. The van der Waals surface area contributed by atoms with Crippen molar-refractivity contribution in [2.45, 2.75) is 45.1 Å². The molecule has 1 aromatic heterocycles. The van der Waals surface area contributed by atoms with E-state index in [1.54, 1.807) is 0 Å². The third-order valence-corrected chi connectivity index (χ3v) is 3.20. The maximum atomic E-state index is 5.87. The Bertz CT molecular complexity index is 331. The highest BCUT2D eigenvalue weighted by Gasteiger charge is 2.33. The number of aromatic nitrogens is 2. The molecule has 0 radical (unpaired) electrons. The van der Waals surface area contributed by atoms with E-state index in [0.29, 0.717) is 6.04 Å². The van der Waals surface area contributed by atoms with Crippen LogP contribution in [0, 0.1) is 5.92 Å². The first-order valence-electron chi connectivity index (χ1n) is 5.76. The van der Waals surface area contributed by atoms with Gasteiger partial charge in [0, 0.05) is 29.9 Å². The summed E-state index contributed by atoms with van der Waals surface area (Å²) in [4.78, 5) is 4.28. The quantitative estimate of drug-likeness (QED) is 0.824. The van der Waals surface area contributed by atoms with Gasteiger partial charge in [-0.3, -0.25) is 0 Å². The van der Waals surface area contributed by atoms with Gasteiger partial charge in [0.15, 0.2) is 0 Å². The number of rotatable bonds is 3. The molecule has 0 bridgehead atoms. The van der Waals surface area contributed by atoms with Gasteiger partial charge in [-0.2, -0.15) is 0 Å². The SMILES string of the molecule is CC(C)(C)c1cncn1C(CN)C1CC1. The number of hydrogen-bond donors (Lipinski definition) is 1. The predicted octanol–water partition coefficient (Wildman–Crippen LogP) is 2.09. The van der Waals surface area contributed by atoms with E-state index < -0.39 is 0 Å². The number of nitrogens with zero attached hydrogens (tertiary/aromatic N) is 2. The highest BCUT2D eigenvalue weighted by atomic mass is 15.1. The summed E-state index contributed by atoms with van der Waals surface area (Å²) in [5, 5.41) is 0. The van der Waals surface area contributed by atoms with Crippen LogP contribution >= 0.6 is 0 Å². The second kappa shape index (κ2) is 3.63. The average Bonchev–Trinajstić information content (AvgIpc) is 2.82. The van der Waals surface area contributed by atoms with Crippen LogP contribution in [-0.2, 0) is 5.41 Å². The van der Waals surface area contributed by atoms with Crippen LogP contribution in [-0.4, -0.2) is 16.1 Å². The Morgan fingerprint density at radius 3 is 2.67 bits per heavy atom. The van der Waals surface area contributed by atoms with Crippen molar-refractivity contribution in [1.29, 1.82) is 0 Å². The molecule has 2 N–H and O–H groups in total. The van der Waals surface area contributed by atoms with Gasteiger partial charge in [0.05, 0.1) is 6.33 Å². The van der Waals surface area contributed by atoms with Gasteiger partial charge in [0.1, 0.15) is 0 Å². The lowest BCUT2D eigenvalue weighted by atomic mass is 9.92. The molecule has 1 aliphatic rings. The van der Waals surface area contributed by atoms with E-state index in [1.165, 1.54) is 18.5 Å². The van der Waals surface area contributed by atoms with Crippen LogP contribution in [0.4, 0.5) is 0 Å². The summed E-state index contributed by atoms with van der Waals surface area (Å²) >= 11 is 0. The Morgan fingerprint density at radius 2 is 2.20 bits per heavy atom. The molecule has 3 heteroatoms. The van der Waals surface area contributed by atoms with E-state index >= 15 is 0 Å². The van der Waals surface area contributed by atoms with Crippen molar-refractivity contribution in [3.63, 3.8) is 0 Å². The van der Waals surface area contributed by atoms with Gasteiger partial charge in [-0.05, 0) is 18.8 Å². The van der Waals surface area contributed by atoms with Gasteiger partial charge >= 0.3 is 0 Å². The summed E-state index contributed by atoms with van der Waals surface area (Å²) in [6, 6.07) is 0.460. The van der Waals surface area contributed by atoms with Gasteiger partial charge in [-0.25, -0.2) is 4.98 Å². The van der Waals surface area contributed by atoms with E-state index in [0.717, 1.165) is 12.5 Å². The van der Waals surface area contributed by atoms with Crippen molar-refractivity contribution in [3.05, 3.63) is 18.2 Å². The van der Waals surface area contributed by atoms with Crippen LogP contribution in [0.25, 0.3) is 0 Å². The lowest BCUT2D eigenvalue weighted by Crippen LogP contribution is -2.26. The minimum absolute atomic E-state index is 0.152. The van der Waals surface area contributed by atoms with Crippen LogP contribution < -0.4 is 5.73 Å². The first-order chi connectivity index (χ1) is 7.04. The number of hydrogen-bond acceptors (Lipinski definition) is 2. The van der Waals surface area contributed by atoms with Crippen LogP contribution in [0.2, 0.25) is 0 Å². The van der Waals surface area contributed by atoms with E-state index in [2.05, 4.69) is 30.3 Å². The molecule has 1 saturated carbocycles. The van der Waals surface area contributed by atoms with E-state index in [1.807, 2.05) is 12.5 Å². The van der Waals surface area contributed by atoms with E-state index in [9.17, 15) is 0 Å². The van der Waals surface area contributed by atoms with Crippen LogP contribution in [0.3, 0.4) is 0 Å². The summed E-state index contributed by atoms with van der Waals surface area (Å²) in [5.41, 5.74) is 7.32. The molecule has 84 valence electrons. The van der Waals surface area contributed by atoms with Crippen LogP contribution in [0.1, 0.15) is 45.3 Å². The maximum absolute atomic E-state index is 5.87. The van der Waals surface area contributed by atoms with E-state index in [4.69, 9.17) is 5.73 Å². The monoisotopic (exact) mass is 207 g/mol. The van der Waals surface area contributed by atoms with Gasteiger partial charge < -0.3 is 10.3 Å². The van der Waals surface area contributed by atoms with Crippen molar-refractivity contribution >= 4 is 0 Å². The maximum Gasteiger partial charge on any atom is 0.0951 e. The number of imidazole rings is 1. The summed E-state index contributed by atoms with van der Waals surface area (Å²) in [5.74, 6) is 0.783. The second-order valence-electron chi connectivity index (χ2n) is 5.58.